The summed E-state index contributed by atoms with van der Waals surface area (Å²) in [7, 11) is 4.77. The summed E-state index contributed by atoms with van der Waals surface area (Å²) < 4.78 is 28.0. The van der Waals surface area contributed by atoms with E-state index in [-0.39, 0.29) is 23.8 Å². The molecule has 1 heterocycles. The van der Waals surface area contributed by atoms with Gasteiger partial charge in [0, 0.05) is 29.3 Å². The number of carbonyl (C=O) groups is 2. The lowest BCUT2D eigenvalue weighted by Crippen LogP contribution is -2.39. The summed E-state index contributed by atoms with van der Waals surface area (Å²) in [5.74, 6) is 0.626. The number of ether oxygens (including phenoxy) is 5. The molecule has 1 aliphatic carbocycles. The van der Waals surface area contributed by atoms with Crippen LogP contribution in [0, 0.1) is 5.92 Å². The molecular formula is C32H39NO7. The van der Waals surface area contributed by atoms with Gasteiger partial charge in [0.25, 0.3) is 0 Å². The minimum atomic E-state index is -0.725. The number of nitrogens with zero attached hydrogens (tertiary/aromatic N) is 1. The molecule has 0 aromatic heterocycles. The highest BCUT2D eigenvalue weighted by atomic mass is 16.5. The Kier molecular flexibility index (Phi) is 9.17. The average molecular weight is 550 g/mol. The predicted molar refractivity (Wildman–Crippen MR) is 153 cm³/mol. The van der Waals surface area contributed by atoms with E-state index >= 15 is 0 Å². The van der Waals surface area contributed by atoms with Crippen molar-refractivity contribution in [2.24, 2.45) is 10.9 Å². The van der Waals surface area contributed by atoms with Crippen LogP contribution in [0.25, 0.3) is 0 Å². The van der Waals surface area contributed by atoms with Gasteiger partial charge in [0.2, 0.25) is 0 Å². The summed E-state index contributed by atoms with van der Waals surface area (Å²) in [6.45, 7) is 8.07. The number of aliphatic imine (C=N–C) groups is 1. The number of rotatable bonds is 10. The van der Waals surface area contributed by atoms with Gasteiger partial charge in [-0.2, -0.15) is 0 Å². The van der Waals surface area contributed by atoms with Gasteiger partial charge in [0.05, 0.1) is 34.0 Å². The number of carbonyl (C=O) groups excluding carboxylic acids is 2. The van der Waals surface area contributed by atoms with Crippen LogP contribution >= 0.6 is 0 Å². The first kappa shape index (κ1) is 29.2. The molecule has 214 valence electrons. The Balaban J connectivity index is 1.80. The molecule has 0 saturated carbocycles. The monoisotopic (exact) mass is 549 g/mol. The molecule has 8 nitrogen and oxygen atoms in total. The number of ketones is 1. The lowest BCUT2D eigenvalue weighted by Gasteiger charge is -2.37. The van der Waals surface area contributed by atoms with E-state index in [4.69, 9.17) is 28.7 Å². The summed E-state index contributed by atoms with van der Waals surface area (Å²) in [6.07, 6.45) is 1.30. The maximum Gasteiger partial charge on any atom is 0.315 e. The number of hydrogen-bond acceptors (Lipinski definition) is 8. The third kappa shape index (κ3) is 5.71. The Morgan fingerprint density at radius 1 is 0.925 bits per heavy atom. The average Bonchev–Trinajstić information content (AvgIpc) is 2.96. The van der Waals surface area contributed by atoms with Gasteiger partial charge in [0.15, 0.2) is 28.8 Å². The highest BCUT2D eigenvalue weighted by Gasteiger charge is 2.45. The van der Waals surface area contributed by atoms with Gasteiger partial charge in [-0.05, 0) is 74.9 Å². The van der Waals surface area contributed by atoms with E-state index in [0.717, 1.165) is 11.1 Å². The number of benzene rings is 2. The molecule has 0 bridgehead atoms. The van der Waals surface area contributed by atoms with Crippen molar-refractivity contribution in [3.05, 3.63) is 58.8 Å². The lowest BCUT2D eigenvalue weighted by molar-refractivity contribution is -0.151. The molecule has 4 rings (SSSR count). The number of Topliss-reactive ketones (excluding diaryl/α,β-unsaturated/α-hetero) is 1. The maximum absolute atomic E-state index is 14.0. The molecule has 0 spiro atoms. The van der Waals surface area contributed by atoms with Gasteiger partial charge < -0.3 is 23.7 Å². The first-order chi connectivity index (χ1) is 19.3. The summed E-state index contributed by atoms with van der Waals surface area (Å²) in [6, 6.07) is 11.3. The van der Waals surface area contributed by atoms with Crippen LogP contribution in [0.15, 0.2) is 52.7 Å². The third-order valence-corrected chi connectivity index (χ3v) is 7.76. The van der Waals surface area contributed by atoms with Gasteiger partial charge in [-0.1, -0.05) is 19.1 Å². The van der Waals surface area contributed by atoms with Crippen molar-refractivity contribution in [3.8, 4) is 23.0 Å². The first-order valence-electron chi connectivity index (χ1n) is 13.8. The number of allylic oxidation sites excluding steroid dienone is 2. The van der Waals surface area contributed by atoms with Crippen LogP contribution in [0.4, 0.5) is 0 Å². The Labute approximate surface area is 236 Å². The smallest absolute Gasteiger partial charge is 0.315 e. The molecule has 0 N–H and O–H groups in total. The van der Waals surface area contributed by atoms with Crippen molar-refractivity contribution in [2.45, 2.75) is 64.9 Å². The van der Waals surface area contributed by atoms with Crippen LogP contribution in [0.2, 0.25) is 0 Å². The summed E-state index contributed by atoms with van der Waals surface area (Å²) in [5.41, 5.74) is 3.67. The van der Waals surface area contributed by atoms with Crippen molar-refractivity contribution in [1.82, 2.24) is 0 Å². The van der Waals surface area contributed by atoms with Crippen molar-refractivity contribution < 1.29 is 33.3 Å². The molecular weight excluding hydrogens is 510 g/mol. The number of esters is 1. The summed E-state index contributed by atoms with van der Waals surface area (Å²) in [4.78, 5) is 32.4. The van der Waals surface area contributed by atoms with E-state index in [1.165, 1.54) is 0 Å². The zero-order chi connectivity index (χ0) is 29.0. The Morgan fingerprint density at radius 2 is 1.55 bits per heavy atom. The molecule has 0 radical (unpaired) electrons. The second-order valence-corrected chi connectivity index (χ2v) is 10.2. The van der Waals surface area contributed by atoms with Gasteiger partial charge in [0.1, 0.15) is 5.92 Å². The molecule has 2 aliphatic rings. The zero-order valence-corrected chi connectivity index (χ0v) is 24.4. The minimum Gasteiger partial charge on any atom is -0.493 e. The molecule has 0 saturated heterocycles. The highest BCUT2D eigenvalue weighted by molar-refractivity contribution is 6.09. The zero-order valence-electron chi connectivity index (χ0n) is 24.4. The largest absolute Gasteiger partial charge is 0.493 e. The topological polar surface area (TPSA) is 92.7 Å². The van der Waals surface area contributed by atoms with Crippen LogP contribution in [0.1, 0.15) is 69.9 Å². The second kappa shape index (κ2) is 12.6. The van der Waals surface area contributed by atoms with E-state index in [1.807, 2.05) is 64.1 Å². The predicted octanol–water partition coefficient (Wildman–Crippen LogP) is 6.03. The van der Waals surface area contributed by atoms with Crippen LogP contribution in [-0.4, -0.2) is 51.5 Å². The molecule has 0 amide bonds. The quantitative estimate of drug-likeness (QED) is 0.334. The fourth-order valence-electron chi connectivity index (χ4n) is 5.57. The Morgan fingerprint density at radius 3 is 2.20 bits per heavy atom. The van der Waals surface area contributed by atoms with E-state index in [1.54, 1.807) is 21.3 Å². The minimum absolute atomic E-state index is 0.0310. The van der Waals surface area contributed by atoms with Crippen LogP contribution in [0.5, 0.6) is 23.0 Å². The lowest BCUT2D eigenvalue weighted by atomic mass is 9.69. The Bertz CT molecular complexity index is 1330. The van der Waals surface area contributed by atoms with Crippen LogP contribution in [0.3, 0.4) is 0 Å². The van der Waals surface area contributed by atoms with E-state index in [9.17, 15) is 9.59 Å². The number of methoxy groups -OCH3 is 3. The maximum atomic E-state index is 14.0. The van der Waals surface area contributed by atoms with Crippen molar-refractivity contribution in [1.29, 1.82) is 0 Å². The molecule has 0 fully saturated rings. The fourth-order valence-corrected chi connectivity index (χ4v) is 5.57. The van der Waals surface area contributed by atoms with Crippen molar-refractivity contribution in [3.63, 3.8) is 0 Å². The molecule has 8 heteroatoms. The molecule has 1 unspecified atom stereocenters. The van der Waals surface area contributed by atoms with Crippen LogP contribution < -0.4 is 18.9 Å². The van der Waals surface area contributed by atoms with Crippen LogP contribution in [-0.2, 0) is 14.3 Å². The molecule has 2 aromatic carbocycles. The highest BCUT2D eigenvalue weighted by Crippen LogP contribution is 2.48. The molecule has 40 heavy (non-hydrogen) atoms. The van der Waals surface area contributed by atoms with Gasteiger partial charge in [-0.15, -0.1) is 0 Å². The van der Waals surface area contributed by atoms with Gasteiger partial charge in [-0.3, -0.25) is 14.6 Å². The van der Waals surface area contributed by atoms with E-state index in [0.29, 0.717) is 65.8 Å². The van der Waals surface area contributed by atoms with E-state index in [2.05, 4.69) is 0 Å². The van der Waals surface area contributed by atoms with E-state index < -0.39 is 11.8 Å². The summed E-state index contributed by atoms with van der Waals surface area (Å²) in [5, 5.41) is 0. The fraction of sp³-hybridized carbons (Fsp3) is 0.469. The summed E-state index contributed by atoms with van der Waals surface area (Å²) >= 11 is 0. The molecule has 1 aliphatic heterocycles. The number of hydrogen-bond donors (Lipinski definition) is 0. The van der Waals surface area contributed by atoms with Crippen molar-refractivity contribution >= 4 is 17.5 Å². The second-order valence-electron chi connectivity index (χ2n) is 10.2. The normalized spacial score (nSPS) is 21.2. The van der Waals surface area contributed by atoms with Crippen molar-refractivity contribution in [2.75, 3.05) is 27.9 Å². The standard InChI is InChI=1S/C32H39NO7/c1-8-18(3)40-32(35)29-19(4)33-23-14-22(20-10-12-25(36-5)27(16-20)37-6)15-24(34)31(23)30(29)21-11-13-26(39-9-2)28(17-21)38-7/h10-13,16-18,22,29-30H,8-9,14-15H2,1-7H3/t18-,22-,29?,30+/m1/s1. The molecule has 2 aromatic rings. The third-order valence-electron chi connectivity index (χ3n) is 7.76. The first-order valence-corrected chi connectivity index (χ1v) is 13.8. The van der Waals surface area contributed by atoms with Gasteiger partial charge >= 0.3 is 5.97 Å². The Hall–Kier alpha value is -3.81. The van der Waals surface area contributed by atoms with Gasteiger partial charge in [-0.25, -0.2) is 0 Å². The SMILES string of the molecule is CCOc1ccc([C@@H]2C3=C(C[C@@H](c4ccc(OC)c(OC)c4)CC3=O)N=C(C)C2C(=O)O[C@H](C)CC)cc1OC. The molecule has 4 atom stereocenters.